The van der Waals surface area contributed by atoms with Crippen molar-refractivity contribution in [1.82, 2.24) is 4.98 Å². The number of anilines is 1. The number of hydrogen-bond donors (Lipinski definition) is 0. The van der Waals surface area contributed by atoms with E-state index in [0.717, 1.165) is 53.0 Å². The summed E-state index contributed by atoms with van der Waals surface area (Å²) in [6, 6.07) is 11.6. The quantitative estimate of drug-likeness (QED) is 0.574. The third-order valence-electron chi connectivity index (χ3n) is 5.61. The first-order valence-corrected chi connectivity index (χ1v) is 9.80. The molecule has 0 spiro atoms. The molecule has 3 heterocycles. The Bertz CT molecular complexity index is 1110. The third-order valence-corrected chi connectivity index (χ3v) is 6.03. The number of aryl methyl sites for hydroxylation is 1. The first-order valence-electron chi connectivity index (χ1n) is 9.39. The van der Waals surface area contributed by atoms with E-state index in [1.807, 2.05) is 12.3 Å². The lowest BCUT2D eigenvalue weighted by molar-refractivity contribution is 0.386. The third kappa shape index (κ3) is 2.78. The molecule has 2 aliphatic heterocycles. The topological polar surface area (TPSA) is 25.4 Å². The van der Waals surface area contributed by atoms with E-state index in [0.29, 0.717) is 0 Å². The van der Waals surface area contributed by atoms with Gasteiger partial charge in [-0.25, -0.2) is 4.39 Å². The summed E-state index contributed by atoms with van der Waals surface area (Å²) >= 11 is 5.54. The van der Waals surface area contributed by atoms with Gasteiger partial charge in [-0.1, -0.05) is 18.3 Å². The fraction of sp³-hybridized carbons (Fsp3) is 0.217. The molecule has 0 saturated carbocycles. The molecule has 0 N–H and O–H groups in total. The molecule has 0 fully saturated rings. The van der Waals surface area contributed by atoms with Crippen molar-refractivity contribution in [2.45, 2.75) is 19.3 Å². The summed E-state index contributed by atoms with van der Waals surface area (Å²) in [7, 11) is 1.47. The highest BCUT2D eigenvalue weighted by molar-refractivity contribution is 7.80. The summed E-state index contributed by atoms with van der Waals surface area (Å²) < 4.78 is 19.1. The summed E-state index contributed by atoms with van der Waals surface area (Å²) in [6.07, 6.45) is 6.59. The van der Waals surface area contributed by atoms with Gasteiger partial charge in [-0.05, 0) is 65.4 Å². The first kappa shape index (κ1) is 17.3. The van der Waals surface area contributed by atoms with Gasteiger partial charge in [0, 0.05) is 42.2 Å². The minimum atomic E-state index is -0.372. The van der Waals surface area contributed by atoms with Crippen molar-refractivity contribution in [3.8, 4) is 28.0 Å². The maximum absolute atomic E-state index is 14.1. The van der Waals surface area contributed by atoms with E-state index in [2.05, 4.69) is 28.1 Å². The van der Waals surface area contributed by atoms with Gasteiger partial charge in [0.2, 0.25) is 0 Å². The molecule has 1 aromatic heterocycles. The van der Waals surface area contributed by atoms with Gasteiger partial charge in [0.1, 0.15) is 0 Å². The average molecular weight is 390 g/mol. The monoisotopic (exact) mass is 390 g/mol. The van der Waals surface area contributed by atoms with E-state index in [-0.39, 0.29) is 11.6 Å². The van der Waals surface area contributed by atoms with E-state index in [4.69, 9.17) is 17.0 Å². The van der Waals surface area contributed by atoms with Crippen molar-refractivity contribution < 1.29 is 9.13 Å². The number of methoxy groups -OCH3 is 1. The predicted octanol–water partition coefficient (Wildman–Crippen LogP) is 5.20. The van der Waals surface area contributed by atoms with Crippen molar-refractivity contribution in [1.29, 1.82) is 0 Å². The van der Waals surface area contributed by atoms with Crippen LogP contribution in [0.5, 0.6) is 5.75 Å². The summed E-state index contributed by atoms with van der Waals surface area (Å²) in [5, 5.41) is 0. The van der Waals surface area contributed by atoms with Crippen molar-refractivity contribution in [3.05, 3.63) is 65.7 Å². The summed E-state index contributed by atoms with van der Waals surface area (Å²) in [6.45, 7) is 0.980. The lowest BCUT2D eigenvalue weighted by atomic mass is 9.93. The molecular weight excluding hydrogens is 371 g/mol. The molecule has 0 atom stereocenters. The molecule has 0 bridgehead atoms. The molecule has 0 unspecified atom stereocenters. The summed E-state index contributed by atoms with van der Waals surface area (Å²) in [5.74, 6) is -0.128. The Hall–Kier alpha value is -2.79. The number of thiocarbonyl (C=S) groups is 1. The molecule has 5 heteroatoms. The number of nitrogens with zero attached hydrogens (tertiary/aromatic N) is 2. The fourth-order valence-corrected chi connectivity index (χ4v) is 4.51. The van der Waals surface area contributed by atoms with Gasteiger partial charge in [-0.3, -0.25) is 4.98 Å². The second-order valence-corrected chi connectivity index (χ2v) is 7.72. The summed E-state index contributed by atoms with van der Waals surface area (Å²) in [5.41, 5.74) is 7.91. The van der Waals surface area contributed by atoms with Crippen molar-refractivity contribution in [3.63, 3.8) is 0 Å². The van der Waals surface area contributed by atoms with E-state index in [1.165, 1.54) is 30.0 Å². The van der Waals surface area contributed by atoms with Crippen molar-refractivity contribution >= 4 is 22.9 Å². The molecule has 3 aromatic rings. The van der Waals surface area contributed by atoms with Crippen LogP contribution in [0.3, 0.4) is 0 Å². The Balaban J connectivity index is 1.56. The zero-order valence-electron chi connectivity index (χ0n) is 15.5. The van der Waals surface area contributed by atoms with Gasteiger partial charge in [-0.2, -0.15) is 0 Å². The number of aromatic nitrogens is 1. The van der Waals surface area contributed by atoms with Crippen molar-refractivity contribution in [2.24, 2.45) is 0 Å². The van der Waals surface area contributed by atoms with Crippen LogP contribution in [0.25, 0.3) is 22.3 Å². The van der Waals surface area contributed by atoms with Crippen molar-refractivity contribution in [2.75, 3.05) is 18.6 Å². The fourth-order valence-electron chi connectivity index (χ4n) is 4.23. The van der Waals surface area contributed by atoms with Gasteiger partial charge in [0.05, 0.1) is 12.1 Å². The Morgan fingerprint density at radius 1 is 0.929 bits per heavy atom. The maximum Gasteiger partial charge on any atom is 0.165 e. The number of pyridine rings is 1. The minimum absolute atomic E-state index is 0.244. The van der Waals surface area contributed by atoms with Gasteiger partial charge in [-0.15, -0.1) is 0 Å². The van der Waals surface area contributed by atoms with Crippen LogP contribution >= 0.6 is 12.2 Å². The Labute approximate surface area is 168 Å². The summed E-state index contributed by atoms with van der Waals surface area (Å²) in [4.78, 5) is 7.77. The van der Waals surface area contributed by atoms with Gasteiger partial charge in [0.25, 0.3) is 0 Å². The van der Waals surface area contributed by atoms with Crippen LogP contribution in [0, 0.1) is 5.82 Å². The Kier molecular flexibility index (Phi) is 4.13. The average Bonchev–Trinajstić information content (AvgIpc) is 3.16. The molecule has 2 aromatic carbocycles. The number of hydrogen-bond acceptors (Lipinski definition) is 3. The lowest BCUT2D eigenvalue weighted by Crippen LogP contribution is -2.31. The zero-order valence-corrected chi connectivity index (χ0v) is 16.4. The second-order valence-electron chi connectivity index (χ2n) is 7.25. The first-order chi connectivity index (χ1) is 13.6. The minimum Gasteiger partial charge on any atom is -0.494 e. The highest BCUT2D eigenvalue weighted by Gasteiger charge is 2.29. The highest BCUT2D eigenvalue weighted by Crippen LogP contribution is 2.40. The van der Waals surface area contributed by atoms with Crippen LogP contribution in [0.4, 0.5) is 10.1 Å². The molecule has 2 aliphatic rings. The smallest absolute Gasteiger partial charge is 0.165 e. The number of rotatable bonds is 3. The van der Waals surface area contributed by atoms with Gasteiger partial charge >= 0.3 is 0 Å². The standard InChI is InChI=1S/C23H19FN2OS/c1-27-21-4-2-14(11-20(21)24)18-10-19(13-25-12-18)17-8-15-3-5-22(28)26-7-6-16(9-17)23(15)26/h2,4,8-13H,3,5-7H2,1H3. The molecule has 5 rings (SSSR count). The number of ether oxygens (including phenoxy) is 1. The van der Waals surface area contributed by atoms with Crippen LogP contribution in [0.15, 0.2) is 48.8 Å². The molecule has 140 valence electrons. The number of halogens is 1. The normalized spacial score (nSPS) is 14.9. The van der Waals surface area contributed by atoms with Crippen LogP contribution in [-0.4, -0.2) is 23.6 Å². The molecule has 0 saturated heterocycles. The van der Waals surface area contributed by atoms with E-state index >= 15 is 0 Å². The lowest BCUT2D eigenvalue weighted by Gasteiger charge is -2.28. The highest BCUT2D eigenvalue weighted by atomic mass is 32.1. The predicted molar refractivity (Wildman–Crippen MR) is 114 cm³/mol. The van der Waals surface area contributed by atoms with E-state index in [1.54, 1.807) is 12.3 Å². The largest absolute Gasteiger partial charge is 0.494 e. The zero-order chi connectivity index (χ0) is 19.3. The van der Waals surface area contributed by atoms with Crippen LogP contribution in [0.1, 0.15) is 17.5 Å². The molecule has 0 aliphatic carbocycles. The molecule has 28 heavy (non-hydrogen) atoms. The van der Waals surface area contributed by atoms with E-state index in [9.17, 15) is 4.39 Å². The van der Waals surface area contributed by atoms with Crippen LogP contribution < -0.4 is 9.64 Å². The van der Waals surface area contributed by atoms with E-state index < -0.39 is 0 Å². The number of benzene rings is 2. The Morgan fingerprint density at radius 3 is 2.43 bits per heavy atom. The molecule has 0 radical (unpaired) electrons. The van der Waals surface area contributed by atoms with Gasteiger partial charge < -0.3 is 9.64 Å². The van der Waals surface area contributed by atoms with Crippen LogP contribution in [-0.2, 0) is 12.8 Å². The van der Waals surface area contributed by atoms with Crippen LogP contribution in [0.2, 0.25) is 0 Å². The molecule has 0 amide bonds. The molecule has 3 nitrogen and oxygen atoms in total. The molecular formula is C23H19FN2OS. The van der Waals surface area contributed by atoms with Gasteiger partial charge in [0.15, 0.2) is 11.6 Å². The maximum atomic E-state index is 14.1. The Morgan fingerprint density at radius 2 is 1.68 bits per heavy atom. The SMILES string of the molecule is COc1ccc(-c2cncc(-c3cc4c5c(c3)CCN5C(=S)CC4)c2)cc1F. The second kappa shape index (κ2) is 6.67.